The van der Waals surface area contributed by atoms with Gasteiger partial charge in [0.25, 0.3) is 5.78 Å². The Morgan fingerprint density at radius 3 is 2.76 bits per heavy atom. The topological polar surface area (TPSA) is 131 Å². The van der Waals surface area contributed by atoms with Crippen LogP contribution >= 0.6 is 0 Å². The fourth-order valence-electron chi connectivity index (χ4n) is 4.52. The van der Waals surface area contributed by atoms with E-state index in [2.05, 4.69) is 25.0 Å². The van der Waals surface area contributed by atoms with Crippen molar-refractivity contribution in [3.05, 3.63) is 18.4 Å². The van der Waals surface area contributed by atoms with E-state index >= 15 is 0 Å². The van der Waals surface area contributed by atoms with Crippen LogP contribution in [0.1, 0.15) is 26.7 Å². The molecule has 2 N–H and O–H groups in total. The van der Waals surface area contributed by atoms with Gasteiger partial charge >= 0.3 is 0 Å². The van der Waals surface area contributed by atoms with Gasteiger partial charge in [-0.15, -0.1) is 5.10 Å². The number of ether oxygens (including phenoxy) is 1. The van der Waals surface area contributed by atoms with Crippen LogP contribution in [0.4, 0.5) is 11.9 Å². The molecule has 2 aliphatic rings. The van der Waals surface area contributed by atoms with E-state index < -0.39 is 0 Å². The summed E-state index contributed by atoms with van der Waals surface area (Å²) in [5.74, 6) is 1.92. The highest BCUT2D eigenvalue weighted by atomic mass is 16.5. The molecule has 1 amide bonds. The second kappa shape index (κ2) is 9.55. The van der Waals surface area contributed by atoms with Crippen LogP contribution in [0.25, 0.3) is 17.4 Å². The molecule has 34 heavy (non-hydrogen) atoms. The molecule has 2 saturated heterocycles. The fraction of sp³-hybridized carbons (Fsp3) is 0.591. The van der Waals surface area contributed by atoms with Crippen LogP contribution in [0, 0.1) is 0 Å². The summed E-state index contributed by atoms with van der Waals surface area (Å²) in [6, 6.07) is 3.23. The Balaban J connectivity index is 1.27. The number of nitrogen functional groups attached to an aromatic ring is 1. The van der Waals surface area contributed by atoms with Crippen LogP contribution in [0.5, 0.6) is 0 Å². The molecule has 3 aromatic heterocycles. The zero-order valence-electron chi connectivity index (χ0n) is 19.6. The number of carbonyl (C=O) groups excluding carboxylic acids is 1. The van der Waals surface area contributed by atoms with E-state index in [0.717, 1.165) is 32.5 Å². The van der Waals surface area contributed by atoms with Crippen molar-refractivity contribution < 1.29 is 13.9 Å². The van der Waals surface area contributed by atoms with Gasteiger partial charge in [-0.3, -0.25) is 9.69 Å². The normalized spacial score (nSPS) is 19.6. The Kier molecular flexibility index (Phi) is 6.33. The van der Waals surface area contributed by atoms with Crippen molar-refractivity contribution in [2.45, 2.75) is 38.8 Å². The maximum absolute atomic E-state index is 13.4. The maximum Gasteiger partial charge on any atom is 0.259 e. The van der Waals surface area contributed by atoms with Crippen LogP contribution in [-0.2, 0) is 9.53 Å². The third-order valence-corrected chi connectivity index (χ3v) is 6.30. The number of hydrogen-bond donors (Lipinski definition) is 1. The van der Waals surface area contributed by atoms with Gasteiger partial charge in [-0.1, -0.05) is 0 Å². The molecule has 0 bridgehead atoms. The first-order valence-corrected chi connectivity index (χ1v) is 11.8. The average Bonchev–Trinajstić information content (AvgIpc) is 3.59. The number of piperazine rings is 1. The van der Waals surface area contributed by atoms with Gasteiger partial charge in [0.2, 0.25) is 23.6 Å². The van der Waals surface area contributed by atoms with Crippen molar-refractivity contribution in [3.63, 3.8) is 0 Å². The van der Waals surface area contributed by atoms with Gasteiger partial charge in [0.05, 0.1) is 19.0 Å². The largest absolute Gasteiger partial charge is 0.461 e. The number of carbonyl (C=O) groups is 1. The zero-order valence-corrected chi connectivity index (χ0v) is 19.6. The van der Waals surface area contributed by atoms with Crippen LogP contribution in [0.2, 0.25) is 0 Å². The summed E-state index contributed by atoms with van der Waals surface area (Å²) in [6.07, 6.45) is 3.45. The predicted molar refractivity (Wildman–Crippen MR) is 125 cm³/mol. The molecule has 0 unspecified atom stereocenters. The Bertz CT molecular complexity index is 1120. The molecule has 5 rings (SSSR count). The van der Waals surface area contributed by atoms with E-state index in [1.54, 1.807) is 18.4 Å². The number of hydrogen-bond acceptors (Lipinski definition) is 10. The van der Waals surface area contributed by atoms with Gasteiger partial charge in [0.1, 0.15) is 6.04 Å². The van der Waals surface area contributed by atoms with Crippen molar-refractivity contribution >= 4 is 23.6 Å². The minimum absolute atomic E-state index is 0.121. The van der Waals surface area contributed by atoms with Crippen molar-refractivity contribution in [2.24, 2.45) is 0 Å². The molecule has 2 fully saturated rings. The zero-order chi connectivity index (χ0) is 23.7. The van der Waals surface area contributed by atoms with Gasteiger partial charge in [0.15, 0.2) is 5.76 Å². The number of rotatable bonds is 7. The first-order valence-electron chi connectivity index (χ1n) is 11.8. The summed E-state index contributed by atoms with van der Waals surface area (Å²) in [5.41, 5.74) is 6.17. The summed E-state index contributed by atoms with van der Waals surface area (Å²) in [6.45, 7) is 9.51. The number of fused-ring (bicyclic) bond motifs is 1. The quantitative estimate of drug-likeness (QED) is 0.532. The Morgan fingerprint density at radius 2 is 2.03 bits per heavy atom. The predicted octanol–water partition coefficient (Wildman–Crippen LogP) is 0.900. The highest BCUT2D eigenvalue weighted by molar-refractivity contribution is 5.85. The fourth-order valence-corrected chi connectivity index (χ4v) is 4.52. The van der Waals surface area contributed by atoms with Gasteiger partial charge in [-0.25, -0.2) is 0 Å². The first kappa shape index (κ1) is 22.5. The number of nitrogens with zero attached hydrogens (tertiary/aromatic N) is 8. The SMILES string of the molecule is CC(C)OCCN1CCN(C(=O)[C@@H]2CCCN2c2nc(N)n3nc(-c4ccco4)nc3n2)CC1. The molecule has 0 saturated carbocycles. The Labute approximate surface area is 197 Å². The van der Waals surface area contributed by atoms with Crippen LogP contribution in [-0.4, -0.2) is 98.3 Å². The van der Waals surface area contributed by atoms with E-state index in [0.29, 0.717) is 49.6 Å². The Morgan fingerprint density at radius 1 is 1.21 bits per heavy atom. The van der Waals surface area contributed by atoms with E-state index in [-0.39, 0.29) is 24.0 Å². The summed E-state index contributed by atoms with van der Waals surface area (Å²) in [4.78, 5) is 33.1. The molecule has 12 nitrogen and oxygen atoms in total. The molecular formula is C22H31N9O3. The first-order chi connectivity index (χ1) is 16.5. The highest BCUT2D eigenvalue weighted by Crippen LogP contribution is 2.26. The highest BCUT2D eigenvalue weighted by Gasteiger charge is 2.36. The molecule has 0 aromatic carbocycles. The number of nitrogens with two attached hydrogens (primary N) is 1. The minimum Gasteiger partial charge on any atom is -0.461 e. The molecule has 0 radical (unpaired) electrons. The number of amides is 1. The van der Waals surface area contributed by atoms with E-state index in [1.165, 1.54) is 4.52 Å². The van der Waals surface area contributed by atoms with Gasteiger partial charge in [0, 0.05) is 39.3 Å². The van der Waals surface area contributed by atoms with Crippen molar-refractivity contribution in [2.75, 3.05) is 56.5 Å². The molecule has 0 aliphatic carbocycles. The van der Waals surface area contributed by atoms with Crippen molar-refractivity contribution in [1.29, 1.82) is 0 Å². The lowest BCUT2D eigenvalue weighted by Crippen LogP contribution is -2.54. The third kappa shape index (κ3) is 4.55. The van der Waals surface area contributed by atoms with Crippen molar-refractivity contribution in [1.82, 2.24) is 34.4 Å². The smallest absolute Gasteiger partial charge is 0.259 e. The molecule has 5 heterocycles. The van der Waals surface area contributed by atoms with Gasteiger partial charge < -0.3 is 24.7 Å². The van der Waals surface area contributed by atoms with Crippen LogP contribution < -0.4 is 10.6 Å². The van der Waals surface area contributed by atoms with Crippen LogP contribution in [0.3, 0.4) is 0 Å². The lowest BCUT2D eigenvalue weighted by Gasteiger charge is -2.37. The van der Waals surface area contributed by atoms with Crippen molar-refractivity contribution in [3.8, 4) is 11.6 Å². The monoisotopic (exact) mass is 469 g/mol. The van der Waals surface area contributed by atoms with E-state index in [1.807, 2.05) is 23.6 Å². The molecule has 182 valence electrons. The number of furan rings is 1. The summed E-state index contributed by atoms with van der Waals surface area (Å²) < 4.78 is 12.4. The average molecular weight is 470 g/mol. The lowest BCUT2D eigenvalue weighted by molar-refractivity contribution is -0.134. The second-order valence-electron chi connectivity index (χ2n) is 8.94. The van der Waals surface area contributed by atoms with Gasteiger partial charge in [-0.05, 0) is 38.8 Å². The number of aromatic nitrogens is 5. The van der Waals surface area contributed by atoms with Gasteiger partial charge in [-0.2, -0.15) is 19.5 Å². The van der Waals surface area contributed by atoms with E-state index in [4.69, 9.17) is 14.9 Å². The second-order valence-corrected chi connectivity index (χ2v) is 8.94. The number of anilines is 2. The van der Waals surface area contributed by atoms with Crippen LogP contribution in [0.15, 0.2) is 22.8 Å². The molecular weight excluding hydrogens is 438 g/mol. The maximum atomic E-state index is 13.4. The van der Waals surface area contributed by atoms with E-state index in [9.17, 15) is 4.79 Å². The lowest BCUT2D eigenvalue weighted by atomic mass is 10.1. The molecule has 1 atom stereocenters. The molecule has 0 spiro atoms. The summed E-state index contributed by atoms with van der Waals surface area (Å²) in [5, 5.41) is 4.34. The molecule has 12 heteroatoms. The minimum atomic E-state index is -0.301. The summed E-state index contributed by atoms with van der Waals surface area (Å²) in [7, 11) is 0. The third-order valence-electron chi connectivity index (χ3n) is 6.30. The molecule has 2 aliphatic heterocycles. The standard InChI is InChI=1S/C22H31N9O3/c1-15(2)33-14-12-28-8-10-29(11-9-28)19(32)16-5-3-7-30(16)21-25-20(23)31-22(26-21)24-18(27-31)17-6-4-13-34-17/h4,6,13,15-16H,3,5,7-12,14H2,1-2H3,(H2,23,24,25,26,27)/t16-/m0/s1. The Hall–Kier alpha value is -3.25. The summed E-state index contributed by atoms with van der Waals surface area (Å²) >= 11 is 0. The molecule has 3 aromatic rings.